The highest BCUT2D eigenvalue weighted by molar-refractivity contribution is 5.99. The summed E-state index contributed by atoms with van der Waals surface area (Å²) < 4.78 is 15.5. The minimum atomic E-state index is -0.429. The summed E-state index contributed by atoms with van der Waals surface area (Å²) in [5, 5.41) is 9.90. The van der Waals surface area contributed by atoms with Gasteiger partial charge in [-0.1, -0.05) is 6.07 Å². The Morgan fingerprint density at radius 2 is 2.19 bits per heavy atom. The zero-order valence-corrected chi connectivity index (χ0v) is 12.4. The molecule has 0 unspecified atom stereocenters. The molecule has 0 spiro atoms. The number of para-hydroxylation sites is 1. The molecule has 0 saturated carbocycles. The Morgan fingerprint density at radius 3 is 2.81 bits per heavy atom. The number of aryl methyl sites for hydroxylation is 2. The van der Waals surface area contributed by atoms with Crippen LogP contribution in [0.5, 0.6) is 0 Å². The molecule has 0 aliphatic carbocycles. The van der Waals surface area contributed by atoms with Gasteiger partial charge in [0.1, 0.15) is 5.82 Å². The van der Waals surface area contributed by atoms with E-state index in [-0.39, 0.29) is 11.6 Å². The number of rotatable bonds is 5. The highest BCUT2D eigenvalue weighted by atomic mass is 19.1. The molecule has 1 amide bonds. The van der Waals surface area contributed by atoms with Crippen molar-refractivity contribution in [1.29, 1.82) is 0 Å². The Hall–Kier alpha value is -2.37. The van der Waals surface area contributed by atoms with Crippen molar-refractivity contribution < 1.29 is 9.18 Å². The number of carbonyl (C=O) groups excluding carboxylic acids is 1. The number of hydrogen-bond donors (Lipinski definition) is 2. The first kappa shape index (κ1) is 15.0. The molecule has 0 radical (unpaired) electrons. The zero-order chi connectivity index (χ0) is 15.4. The molecule has 0 fully saturated rings. The van der Waals surface area contributed by atoms with E-state index in [1.54, 1.807) is 10.7 Å². The normalized spacial score (nSPS) is 10.5. The van der Waals surface area contributed by atoms with Crippen molar-refractivity contribution in [2.45, 2.75) is 20.4 Å². The third-order valence-electron chi connectivity index (χ3n) is 3.17. The maximum Gasteiger partial charge on any atom is 0.253 e. The molecule has 1 heterocycles. The molecule has 5 nitrogen and oxygen atoms in total. The third kappa shape index (κ3) is 3.39. The van der Waals surface area contributed by atoms with E-state index in [0.717, 1.165) is 11.3 Å². The third-order valence-corrected chi connectivity index (χ3v) is 3.17. The number of hydrogen-bond acceptors (Lipinski definition) is 3. The standard InChI is InChI=1S/C15H19FN4O/c1-4-17-14-12(6-5-7-13(14)16)15(21)18-8-11-9-20(3)19-10(11)2/h5-7,9,17H,4,8H2,1-3H3,(H,18,21). The van der Waals surface area contributed by atoms with Crippen molar-refractivity contribution in [3.05, 3.63) is 47.0 Å². The van der Waals surface area contributed by atoms with Gasteiger partial charge in [-0.05, 0) is 26.0 Å². The van der Waals surface area contributed by atoms with E-state index in [4.69, 9.17) is 0 Å². The highest BCUT2D eigenvalue weighted by Crippen LogP contribution is 2.19. The maximum absolute atomic E-state index is 13.8. The molecule has 0 aliphatic heterocycles. The first-order valence-corrected chi connectivity index (χ1v) is 6.82. The number of nitrogens with zero attached hydrogens (tertiary/aromatic N) is 2. The van der Waals surface area contributed by atoms with Crippen LogP contribution < -0.4 is 10.6 Å². The van der Waals surface area contributed by atoms with Gasteiger partial charge in [0, 0.05) is 31.9 Å². The van der Waals surface area contributed by atoms with Crippen molar-refractivity contribution in [1.82, 2.24) is 15.1 Å². The lowest BCUT2D eigenvalue weighted by Gasteiger charge is -2.11. The Balaban J connectivity index is 2.13. The fourth-order valence-electron chi connectivity index (χ4n) is 2.16. The van der Waals surface area contributed by atoms with Gasteiger partial charge in [0.25, 0.3) is 5.91 Å². The molecule has 112 valence electrons. The fourth-order valence-corrected chi connectivity index (χ4v) is 2.16. The van der Waals surface area contributed by atoms with E-state index in [1.165, 1.54) is 12.1 Å². The molecule has 0 atom stereocenters. The summed E-state index contributed by atoms with van der Waals surface area (Å²) >= 11 is 0. The van der Waals surface area contributed by atoms with Crippen LogP contribution in [0.1, 0.15) is 28.5 Å². The van der Waals surface area contributed by atoms with Crippen LogP contribution in [-0.2, 0) is 13.6 Å². The number of benzene rings is 1. The zero-order valence-electron chi connectivity index (χ0n) is 12.4. The van der Waals surface area contributed by atoms with E-state index in [9.17, 15) is 9.18 Å². The summed E-state index contributed by atoms with van der Waals surface area (Å²) in [5.41, 5.74) is 2.34. The smallest absolute Gasteiger partial charge is 0.253 e. The summed E-state index contributed by atoms with van der Waals surface area (Å²) in [7, 11) is 1.83. The predicted octanol–water partition coefficient (Wildman–Crippen LogP) is 2.23. The molecule has 2 aromatic rings. The molecule has 1 aromatic heterocycles. The van der Waals surface area contributed by atoms with E-state index >= 15 is 0 Å². The first-order chi connectivity index (χ1) is 10.0. The number of amides is 1. The summed E-state index contributed by atoms with van der Waals surface area (Å²) in [6.07, 6.45) is 1.85. The van der Waals surface area contributed by atoms with Gasteiger partial charge >= 0.3 is 0 Å². The van der Waals surface area contributed by atoms with Crippen LogP contribution >= 0.6 is 0 Å². The van der Waals surface area contributed by atoms with Crippen LogP contribution in [0.4, 0.5) is 10.1 Å². The van der Waals surface area contributed by atoms with Crippen LogP contribution in [-0.4, -0.2) is 22.2 Å². The second-order valence-electron chi connectivity index (χ2n) is 4.79. The Kier molecular flexibility index (Phi) is 4.57. The van der Waals surface area contributed by atoms with E-state index in [2.05, 4.69) is 15.7 Å². The average molecular weight is 290 g/mol. The number of carbonyl (C=O) groups is 1. The summed E-state index contributed by atoms with van der Waals surface area (Å²) in [5.74, 6) is -0.740. The Labute approximate surface area is 123 Å². The first-order valence-electron chi connectivity index (χ1n) is 6.82. The predicted molar refractivity (Wildman–Crippen MR) is 79.7 cm³/mol. The largest absolute Gasteiger partial charge is 0.382 e. The van der Waals surface area contributed by atoms with Crippen LogP contribution in [0.2, 0.25) is 0 Å². The van der Waals surface area contributed by atoms with Crippen LogP contribution in [0.3, 0.4) is 0 Å². The minimum Gasteiger partial charge on any atom is -0.382 e. The van der Waals surface area contributed by atoms with Crippen molar-refractivity contribution in [3.8, 4) is 0 Å². The van der Waals surface area contributed by atoms with Crippen LogP contribution in [0.25, 0.3) is 0 Å². The number of anilines is 1. The molecule has 6 heteroatoms. The summed E-state index contributed by atoms with van der Waals surface area (Å²) in [6, 6.07) is 4.47. The molecule has 0 bridgehead atoms. The molecule has 21 heavy (non-hydrogen) atoms. The average Bonchev–Trinajstić information content (AvgIpc) is 2.76. The SMILES string of the molecule is CCNc1c(F)cccc1C(=O)NCc1cn(C)nc1C. The van der Waals surface area contributed by atoms with Crippen molar-refractivity contribution in [2.75, 3.05) is 11.9 Å². The van der Waals surface area contributed by atoms with Crippen LogP contribution in [0, 0.1) is 12.7 Å². The van der Waals surface area contributed by atoms with Crippen molar-refractivity contribution in [2.24, 2.45) is 7.05 Å². The van der Waals surface area contributed by atoms with Gasteiger partial charge in [-0.3, -0.25) is 9.48 Å². The summed E-state index contributed by atoms with van der Waals surface area (Å²) in [4.78, 5) is 12.2. The second kappa shape index (κ2) is 6.39. The van der Waals surface area contributed by atoms with E-state index in [1.807, 2.05) is 27.1 Å². The lowest BCUT2D eigenvalue weighted by molar-refractivity contribution is 0.0951. The molecule has 2 rings (SSSR count). The lowest BCUT2D eigenvalue weighted by Crippen LogP contribution is -2.24. The molecular weight excluding hydrogens is 271 g/mol. The summed E-state index contributed by atoms with van der Waals surface area (Å²) in [6.45, 7) is 4.64. The monoisotopic (exact) mass is 290 g/mol. The number of aromatic nitrogens is 2. The van der Waals surface area contributed by atoms with Gasteiger partial charge in [-0.2, -0.15) is 5.10 Å². The number of nitrogens with one attached hydrogen (secondary N) is 2. The van der Waals surface area contributed by atoms with Gasteiger partial charge in [0.15, 0.2) is 0 Å². The van der Waals surface area contributed by atoms with E-state index < -0.39 is 5.82 Å². The minimum absolute atomic E-state index is 0.236. The molecular formula is C15H19FN4O. The van der Waals surface area contributed by atoms with E-state index in [0.29, 0.717) is 18.7 Å². The lowest BCUT2D eigenvalue weighted by atomic mass is 10.1. The Morgan fingerprint density at radius 1 is 1.43 bits per heavy atom. The quantitative estimate of drug-likeness (QED) is 0.888. The maximum atomic E-state index is 13.8. The second-order valence-corrected chi connectivity index (χ2v) is 4.79. The number of halogens is 1. The van der Waals surface area contributed by atoms with Crippen molar-refractivity contribution >= 4 is 11.6 Å². The fraction of sp³-hybridized carbons (Fsp3) is 0.333. The van der Waals surface area contributed by atoms with Gasteiger partial charge in [-0.15, -0.1) is 0 Å². The highest BCUT2D eigenvalue weighted by Gasteiger charge is 2.15. The molecule has 0 saturated heterocycles. The molecule has 1 aromatic carbocycles. The molecule has 2 N–H and O–H groups in total. The van der Waals surface area contributed by atoms with Gasteiger partial charge in [0.2, 0.25) is 0 Å². The van der Waals surface area contributed by atoms with Crippen LogP contribution in [0.15, 0.2) is 24.4 Å². The molecule has 0 aliphatic rings. The topological polar surface area (TPSA) is 59.0 Å². The van der Waals surface area contributed by atoms with Crippen molar-refractivity contribution in [3.63, 3.8) is 0 Å². The Bertz CT molecular complexity index is 651. The van der Waals surface area contributed by atoms with Gasteiger partial charge < -0.3 is 10.6 Å². The van der Waals surface area contributed by atoms with Gasteiger partial charge in [-0.25, -0.2) is 4.39 Å². The van der Waals surface area contributed by atoms with Gasteiger partial charge in [0.05, 0.1) is 16.9 Å².